The quantitative estimate of drug-likeness (QED) is 0.466. The lowest BCUT2D eigenvalue weighted by atomic mass is 10.2. The van der Waals surface area contributed by atoms with Gasteiger partial charge in [0.25, 0.3) is 14.7 Å². The van der Waals surface area contributed by atoms with E-state index in [9.17, 15) is 18.5 Å². The van der Waals surface area contributed by atoms with Crippen LogP contribution in [0.2, 0.25) is 0 Å². The van der Waals surface area contributed by atoms with Gasteiger partial charge in [-0.2, -0.15) is 0 Å². The first-order chi connectivity index (χ1) is 6.88. The van der Waals surface area contributed by atoms with Gasteiger partial charge in [-0.05, 0) is 23.8 Å². The first kappa shape index (κ1) is 11.7. The van der Waals surface area contributed by atoms with Crippen LogP contribution in [0.3, 0.4) is 0 Å². The molecule has 0 unspecified atom stereocenters. The normalized spacial score (nSPS) is 11.8. The number of nitro benzene ring substituents is 1. The molecule has 0 atom stereocenters. The van der Waals surface area contributed by atoms with Gasteiger partial charge in [0.15, 0.2) is 0 Å². The highest BCUT2D eigenvalue weighted by atomic mass is 35.7. The highest BCUT2D eigenvalue weighted by Crippen LogP contribution is 2.13. The number of halogens is 1. The van der Waals surface area contributed by atoms with Crippen molar-refractivity contribution in [2.45, 2.75) is 0 Å². The zero-order valence-electron chi connectivity index (χ0n) is 7.33. The maximum Gasteiger partial charge on any atom is 0.269 e. The van der Waals surface area contributed by atoms with Crippen molar-refractivity contribution in [2.75, 3.05) is 0 Å². The predicted octanol–water partition coefficient (Wildman–Crippen LogP) is 2.13. The van der Waals surface area contributed by atoms with Crippen LogP contribution in [0.15, 0.2) is 29.7 Å². The largest absolute Gasteiger partial charge is 0.269 e. The van der Waals surface area contributed by atoms with Gasteiger partial charge < -0.3 is 0 Å². The van der Waals surface area contributed by atoms with Crippen LogP contribution in [0.25, 0.3) is 6.08 Å². The molecule has 0 fully saturated rings. The van der Waals surface area contributed by atoms with Gasteiger partial charge in [-0.25, -0.2) is 8.42 Å². The molecule has 0 heterocycles. The fraction of sp³-hybridized carbons (Fsp3) is 0. The van der Waals surface area contributed by atoms with Gasteiger partial charge in [0, 0.05) is 28.2 Å². The lowest BCUT2D eigenvalue weighted by molar-refractivity contribution is -0.384. The predicted molar refractivity (Wildman–Crippen MR) is 56.9 cm³/mol. The minimum atomic E-state index is -3.69. The molecule has 80 valence electrons. The van der Waals surface area contributed by atoms with E-state index < -0.39 is 14.0 Å². The minimum absolute atomic E-state index is 0.0547. The van der Waals surface area contributed by atoms with Crippen molar-refractivity contribution in [3.63, 3.8) is 0 Å². The molecule has 0 aromatic heterocycles. The van der Waals surface area contributed by atoms with E-state index in [0.717, 1.165) is 5.41 Å². The maximum absolute atomic E-state index is 10.6. The number of hydrogen-bond acceptors (Lipinski definition) is 4. The fourth-order valence-electron chi connectivity index (χ4n) is 0.867. The van der Waals surface area contributed by atoms with Crippen molar-refractivity contribution < 1.29 is 13.3 Å². The molecule has 1 aromatic carbocycles. The summed E-state index contributed by atoms with van der Waals surface area (Å²) in [4.78, 5) is 9.76. The lowest BCUT2D eigenvalue weighted by Crippen LogP contribution is -1.86. The van der Waals surface area contributed by atoms with Gasteiger partial charge >= 0.3 is 0 Å². The van der Waals surface area contributed by atoms with Gasteiger partial charge in [0.1, 0.15) is 0 Å². The summed E-state index contributed by atoms with van der Waals surface area (Å²) in [5.41, 5.74) is 0.464. The van der Waals surface area contributed by atoms with E-state index in [-0.39, 0.29) is 5.69 Å². The second kappa shape index (κ2) is 4.41. The minimum Gasteiger partial charge on any atom is -0.258 e. The third-order valence-electron chi connectivity index (χ3n) is 1.53. The highest BCUT2D eigenvalue weighted by molar-refractivity contribution is 8.16. The summed E-state index contributed by atoms with van der Waals surface area (Å²) in [5, 5.41) is 11.1. The van der Waals surface area contributed by atoms with Gasteiger partial charge in [0.05, 0.1) is 4.92 Å². The molecule has 15 heavy (non-hydrogen) atoms. The first-order valence-electron chi connectivity index (χ1n) is 3.76. The Labute approximate surface area is 90.6 Å². The molecule has 0 amide bonds. The van der Waals surface area contributed by atoms with Crippen LogP contribution in [-0.4, -0.2) is 13.3 Å². The molecule has 0 aliphatic rings. The van der Waals surface area contributed by atoms with Crippen LogP contribution in [0.5, 0.6) is 0 Å². The van der Waals surface area contributed by atoms with Gasteiger partial charge in [-0.15, -0.1) is 0 Å². The van der Waals surface area contributed by atoms with Crippen molar-refractivity contribution in [3.8, 4) is 0 Å². The van der Waals surface area contributed by atoms with Crippen molar-refractivity contribution in [1.82, 2.24) is 0 Å². The number of benzene rings is 1. The molecule has 7 heteroatoms. The Morgan fingerprint density at radius 3 is 2.20 bits per heavy atom. The molecule has 1 aromatic rings. The zero-order chi connectivity index (χ0) is 11.5. The molecular formula is C8H6ClNO4S. The van der Waals surface area contributed by atoms with Crippen LogP contribution >= 0.6 is 10.7 Å². The standard InChI is InChI=1S/C8H6ClNO4S/c9-15(13,14)6-5-7-1-3-8(4-2-7)10(11)12/h1-6H/b6-5+. The van der Waals surface area contributed by atoms with Crippen LogP contribution in [0.4, 0.5) is 5.69 Å². The van der Waals surface area contributed by atoms with Crippen molar-refractivity contribution in [1.29, 1.82) is 0 Å². The molecule has 0 bridgehead atoms. The Morgan fingerprint density at radius 1 is 1.27 bits per heavy atom. The van der Waals surface area contributed by atoms with E-state index >= 15 is 0 Å². The Balaban J connectivity index is 2.91. The van der Waals surface area contributed by atoms with Gasteiger partial charge in [0.2, 0.25) is 0 Å². The van der Waals surface area contributed by atoms with E-state index in [1.54, 1.807) is 0 Å². The Morgan fingerprint density at radius 2 is 1.80 bits per heavy atom. The number of nitrogens with zero attached hydrogens (tertiary/aromatic N) is 1. The second-order valence-corrected chi connectivity index (χ2v) is 5.14. The third-order valence-corrected chi connectivity index (χ3v) is 2.30. The van der Waals surface area contributed by atoms with Crippen molar-refractivity contribution in [3.05, 3.63) is 45.4 Å². The maximum atomic E-state index is 10.6. The summed E-state index contributed by atoms with van der Waals surface area (Å²) in [7, 11) is 1.25. The summed E-state index contributed by atoms with van der Waals surface area (Å²) in [6.07, 6.45) is 1.26. The topological polar surface area (TPSA) is 77.3 Å². The summed E-state index contributed by atoms with van der Waals surface area (Å²) in [6, 6.07) is 5.41. The molecule has 5 nitrogen and oxygen atoms in total. The van der Waals surface area contributed by atoms with E-state index in [0.29, 0.717) is 5.56 Å². The first-order valence-corrected chi connectivity index (χ1v) is 6.13. The zero-order valence-corrected chi connectivity index (χ0v) is 8.90. The molecule has 0 N–H and O–H groups in total. The highest BCUT2D eigenvalue weighted by Gasteiger charge is 2.03. The number of hydrogen-bond donors (Lipinski definition) is 0. The molecule has 0 aliphatic heterocycles. The third kappa shape index (κ3) is 4.09. The fourth-order valence-corrected chi connectivity index (χ4v) is 1.34. The second-order valence-electron chi connectivity index (χ2n) is 2.63. The average molecular weight is 248 g/mol. The van der Waals surface area contributed by atoms with Crippen molar-refractivity contribution >= 4 is 31.5 Å². The number of non-ortho nitro benzene ring substituents is 1. The lowest BCUT2D eigenvalue weighted by Gasteiger charge is -1.92. The monoisotopic (exact) mass is 247 g/mol. The van der Waals surface area contributed by atoms with E-state index in [2.05, 4.69) is 0 Å². The summed E-state index contributed by atoms with van der Waals surface area (Å²) >= 11 is 0. The molecule has 0 aliphatic carbocycles. The molecule has 1 rings (SSSR count). The number of nitro groups is 1. The Hall–Kier alpha value is -1.40. The molecule has 0 saturated carbocycles. The summed E-state index contributed by atoms with van der Waals surface area (Å²) < 4.78 is 21.1. The summed E-state index contributed by atoms with van der Waals surface area (Å²) in [5.74, 6) is 0. The van der Waals surface area contributed by atoms with Crippen LogP contribution < -0.4 is 0 Å². The van der Waals surface area contributed by atoms with Crippen LogP contribution in [-0.2, 0) is 9.05 Å². The molecule has 0 saturated heterocycles. The van der Waals surface area contributed by atoms with E-state index in [1.165, 1.54) is 30.3 Å². The van der Waals surface area contributed by atoms with Crippen molar-refractivity contribution in [2.24, 2.45) is 0 Å². The van der Waals surface area contributed by atoms with Crippen LogP contribution in [0.1, 0.15) is 5.56 Å². The van der Waals surface area contributed by atoms with Gasteiger partial charge in [-0.1, -0.05) is 0 Å². The van der Waals surface area contributed by atoms with Crippen LogP contribution in [0, 0.1) is 10.1 Å². The van der Waals surface area contributed by atoms with E-state index in [1.807, 2.05) is 0 Å². The van der Waals surface area contributed by atoms with Gasteiger partial charge in [-0.3, -0.25) is 10.1 Å². The number of rotatable bonds is 3. The smallest absolute Gasteiger partial charge is 0.258 e. The SMILES string of the molecule is O=[N+]([O-])c1ccc(/C=C/S(=O)(=O)Cl)cc1. The molecule has 0 radical (unpaired) electrons. The molecular weight excluding hydrogens is 242 g/mol. The average Bonchev–Trinajstić information content (AvgIpc) is 2.14. The summed E-state index contributed by atoms with van der Waals surface area (Å²) in [6.45, 7) is 0. The van der Waals surface area contributed by atoms with E-state index in [4.69, 9.17) is 10.7 Å². The molecule has 0 spiro atoms. The Bertz CT molecular complexity index is 492. The Kier molecular flexibility index (Phi) is 3.43.